The fourth-order valence-electron chi connectivity index (χ4n) is 2.60. The number of pyridine rings is 1. The van der Waals surface area contributed by atoms with E-state index in [9.17, 15) is 14.7 Å². The van der Waals surface area contributed by atoms with Gasteiger partial charge in [-0.25, -0.2) is 9.78 Å². The Morgan fingerprint density at radius 1 is 1.19 bits per heavy atom. The highest BCUT2D eigenvalue weighted by Crippen LogP contribution is 2.21. The van der Waals surface area contributed by atoms with E-state index >= 15 is 0 Å². The number of aliphatic hydroxyl groups excluding tert-OH is 1. The maximum atomic E-state index is 12.4. The summed E-state index contributed by atoms with van der Waals surface area (Å²) in [5, 5.41) is 19.7. The molecule has 0 bridgehead atoms. The first-order valence-corrected chi connectivity index (χ1v) is 6.64. The number of carboxylic acids is 1. The Kier molecular flexibility index (Phi) is 3.31. The van der Waals surface area contributed by atoms with E-state index < -0.39 is 24.0 Å². The van der Waals surface area contributed by atoms with Gasteiger partial charge in [0.15, 0.2) is 0 Å². The average Bonchev–Trinajstić information content (AvgIpc) is 2.88. The fraction of sp³-hybridized carbons (Fsp3) is 0.267. The van der Waals surface area contributed by atoms with Crippen LogP contribution in [0, 0.1) is 0 Å². The van der Waals surface area contributed by atoms with E-state index in [4.69, 9.17) is 5.11 Å². The molecule has 108 valence electrons. The number of carbonyl (C=O) groups is 2. The highest BCUT2D eigenvalue weighted by molar-refractivity contribution is 5.97. The summed E-state index contributed by atoms with van der Waals surface area (Å²) in [6.45, 7) is 0.0182. The summed E-state index contributed by atoms with van der Waals surface area (Å²) in [5.41, 5.74) is 0.865. The molecule has 6 nitrogen and oxygen atoms in total. The first kappa shape index (κ1) is 13.5. The van der Waals surface area contributed by atoms with Gasteiger partial charge in [0, 0.05) is 18.4 Å². The van der Waals surface area contributed by atoms with Crippen molar-refractivity contribution in [2.75, 3.05) is 6.54 Å². The predicted molar refractivity (Wildman–Crippen MR) is 74.8 cm³/mol. The number of nitrogens with zero attached hydrogens (tertiary/aromatic N) is 2. The number of carboxylic acid groups (broad SMARTS) is 1. The van der Waals surface area contributed by atoms with Gasteiger partial charge in [-0.15, -0.1) is 0 Å². The van der Waals surface area contributed by atoms with Crippen molar-refractivity contribution in [3.8, 4) is 0 Å². The van der Waals surface area contributed by atoms with Crippen LogP contribution in [0.4, 0.5) is 0 Å². The number of para-hydroxylation sites is 1. The number of aliphatic hydroxyl groups is 1. The average molecular weight is 286 g/mol. The molecule has 2 heterocycles. The van der Waals surface area contributed by atoms with Crippen molar-refractivity contribution in [1.82, 2.24) is 9.88 Å². The molecule has 0 spiro atoms. The van der Waals surface area contributed by atoms with Crippen molar-refractivity contribution in [3.05, 3.63) is 42.1 Å². The Hall–Kier alpha value is -2.47. The Bertz CT molecular complexity index is 716. The molecule has 1 aromatic carbocycles. The summed E-state index contributed by atoms with van der Waals surface area (Å²) in [4.78, 5) is 29.1. The van der Waals surface area contributed by atoms with Crippen LogP contribution < -0.4 is 0 Å². The number of aromatic nitrogens is 1. The minimum absolute atomic E-state index is 0.0182. The topological polar surface area (TPSA) is 90.7 Å². The van der Waals surface area contributed by atoms with Gasteiger partial charge in [-0.05, 0) is 12.1 Å². The highest BCUT2D eigenvalue weighted by atomic mass is 16.4. The maximum Gasteiger partial charge on any atom is 0.326 e. The lowest BCUT2D eigenvalue weighted by Crippen LogP contribution is -2.40. The summed E-state index contributed by atoms with van der Waals surface area (Å²) in [6, 6.07) is 9.73. The Balaban J connectivity index is 1.94. The minimum Gasteiger partial charge on any atom is -0.480 e. The van der Waals surface area contributed by atoms with Gasteiger partial charge in [-0.2, -0.15) is 0 Å². The van der Waals surface area contributed by atoms with Gasteiger partial charge in [0.25, 0.3) is 5.91 Å². The van der Waals surface area contributed by atoms with Gasteiger partial charge in [0.2, 0.25) is 0 Å². The van der Waals surface area contributed by atoms with Crippen LogP contribution in [0.2, 0.25) is 0 Å². The predicted octanol–water partition coefficient (Wildman–Crippen LogP) is 0.895. The molecule has 1 fully saturated rings. The summed E-state index contributed by atoms with van der Waals surface area (Å²) in [6.07, 6.45) is -0.759. The highest BCUT2D eigenvalue weighted by Gasteiger charge is 2.39. The zero-order chi connectivity index (χ0) is 15.0. The molecule has 2 atom stereocenters. The molecule has 0 aliphatic carbocycles. The number of amides is 1. The second kappa shape index (κ2) is 5.14. The van der Waals surface area contributed by atoms with Gasteiger partial charge >= 0.3 is 5.97 Å². The molecule has 2 aromatic rings. The van der Waals surface area contributed by atoms with Crippen LogP contribution >= 0.6 is 0 Å². The molecule has 1 aromatic heterocycles. The Morgan fingerprint density at radius 2 is 1.95 bits per heavy atom. The smallest absolute Gasteiger partial charge is 0.326 e. The van der Waals surface area contributed by atoms with Crippen molar-refractivity contribution in [2.24, 2.45) is 0 Å². The number of aliphatic carboxylic acids is 1. The van der Waals surface area contributed by atoms with Gasteiger partial charge in [0.05, 0.1) is 11.6 Å². The molecule has 2 N–H and O–H groups in total. The van der Waals surface area contributed by atoms with E-state index in [1.54, 1.807) is 18.2 Å². The lowest BCUT2D eigenvalue weighted by atomic mass is 10.2. The number of likely N-dealkylation sites (tertiary alicyclic amines) is 1. The van der Waals surface area contributed by atoms with Crippen LogP contribution in [0.1, 0.15) is 16.9 Å². The van der Waals surface area contributed by atoms with E-state index in [0.29, 0.717) is 5.52 Å². The van der Waals surface area contributed by atoms with Crippen LogP contribution in [-0.4, -0.2) is 50.7 Å². The Labute approximate surface area is 120 Å². The molecule has 3 rings (SSSR count). The summed E-state index contributed by atoms with van der Waals surface area (Å²) >= 11 is 0. The number of β-amino-alcohol motifs (C(OH)–C–C–N with tert-alkyl or cyclic N) is 1. The number of hydrogen-bond donors (Lipinski definition) is 2. The van der Waals surface area contributed by atoms with Gasteiger partial charge in [0.1, 0.15) is 11.7 Å². The van der Waals surface area contributed by atoms with Crippen molar-refractivity contribution in [3.63, 3.8) is 0 Å². The molecule has 0 unspecified atom stereocenters. The third-order valence-corrected chi connectivity index (χ3v) is 3.64. The minimum atomic E-state index is -1.11. The van der Waals surface area contributed by atoms with E-state index in [1.807, 2.05) is 18.2 Å². The SMILES string of the molecule is O=C(O)[C@H]1C[C@@H](O)CN1C(=O)c1ccc2ccccc2n1. The molecular formula is C15H14N2O4. The zero-order valence-corrected chi connectivity index (χ0v) is 11.1. The van der Waals surface area contributed by atoms with Crippen molar-refractivity contribution in [2.45, 2.75) is 18.6 Å². The van der Waals surface area contributed by atoms with Crippen LogP contribution in [-0.2, 0) is 4.79 Å². The molecule has 1 amide bonds. The molecule has 6 heteroatoms. The standard InChI is InChI=1S/C15H14N2O4/c18-10-7-13(15(20)21)17(8-10)14(19)12-6-5-9-3-1-2-4-11(9)16-12/h1-6,10,13,18H,7-8H2,(H,20,21)/t10-,13-/m1/s1. The Morgan fingerprint density at radius 3 is 2.71 bits per heavy atom. The van der Waals surface area contributed by atoms with Crippen molar-refractivity contribution >= 4 is 22.8 Å². The van der Waals surface area contributed by atoms with Gasteiger partial charge in [-0.1, -0.05) is 24.3 Å². The zero-order valence-electron chi connectivity index (χ0n) is 11.1. The molecule has 1 aliphatic heterocycles. The van der Waals surface area contributed by atoms with Crippen LogP contribution in [0.15, 0.2) is 36.4 Å². The van der Waals surface area contributed by atoms with Crippen molar-refractivity contribution < 1.29 is 19.8 Å². The third-order valence-electron chi connectivity index (χ3n) is 3.64. The van der Waals surface area contributed by atoms with Crippen LogP contribution in [0.25, 0.3) is 10.9 Å². The molecule has 1 aliphatic rings. The molecule has 0 radical (unpaired) electrons. The molecule has 0 saturated carbocycles. The van der Waals surface area contributed by atoms with Crippen LogP contribution in [0.3, 0.4) is 0 Å². The largest absolute Gasteiger partial charge is 0.480 e. The quantitative estimate of drug-likeness (QED) is 0.855. The number of hydrogen-bond acceptors (Lipinski definition) is 4. The number of fused-ring (bicyclic) bond motifs is 1. The second-order valence-corrected chi connectivity index (χ2v) is 5.09. The molecular weight excluding hydrogens is 272 g/mol. The second-order valence-electron chi connectivity index (χ2n) is 5.09. The third kappa shape index (κ3) is 2.45. The lowest BCUT2D eigenvalue weighted by molar-refractivity contribution is -0.141. The summed E-state index contributed by atoms with van der Waals surface area (Å²) < 4.78 is 0. The lowest BCUT2D eigenvalue weighted by Gasteiger charge is -2.20. The number of rotatable bonds is 2. The summed E-state index contributed by atoms with van der Waals surface area (Å²) in [7, 11) is 0. The first-order valence-electron chi connectivity index (χ1n) is 6.64. The van der Waals surface area contributed by atoms with Gasteiger partial charge < -0.3 is 15.1 Å². The van der Waals surface area contributed by atoms with E-state index in [2.05, 4.69) is 4.98 Å². The normalized spacial score (nSPS) is 21.7. The van der Waals surface area contributed by atoms with Crippen molar-refractivity contribution in [1.29, 1.82) is 0 Å². The molecule has 21 heavy (non-hydrogen) atoms. The monoisotopic (exact) mass is 286 g/mol. The number of benzene rings is 1. The first-order chi connectivity index (χ1) is 10.1. The van der Waals surface area contributed by atoms with E-state index in [0.717, 1.165) is 5.39 Å². The van der Waals surface area contributed by atoms with E-state index in [1.165, 1.54) is 4.90 Å². The fourth-order valence-corrected chi connectivity index (χ4v) is 2.60. The molecule has 1 saturated heterocycles. The van der Waals surface area contributed by atoms with E-state index in [-0.39, 0.29) is 18.7 Å². The number of carbonyl (C=O) groups excluding carboxylic acids is 1. The summed E-state index contributed by atoms with van der Waals surface area (Å²) in [5.74, 6) is -1.58. The van der Waals surface area contributed by atoms with Crippen LogP contribution in [0.5, 0.6) is 0 Å². The van der Waals surface area contributed by atoms with Gasteiger partial charge in [-0.3, -0.25) is 4.79 Å². The maximum absolute atomic E-state index is 12.4.